The zero-order valence-electron chi connectivity index (χ0n) is 10.4. The van der Waals surface area contributed by atoms with Crippen molar-refractivity contribution in [3.8, 4) is 5.88 Å². The maximum absolute atomic E-state index is 14.0. The summed E-state index contributed by atoms with van der Waals surface area (Å²) in [5.74, 6) is 0.704. The molecule has 0 saturated carbocycles. The van der Waals surface area contributed by atoms with Crippen molar-refractivity contribution in [3.05, 3.63) is 23.6 Å². The lowest BCUT2D eigenvalue weighted by Gasteiger charge is -2.20. The molecule has 0 spiro atoms. The average molecular weight is 258 g/mol. The third-order valence-electron chi connectivity index (χ3n) is 2.57. The highest BCUT2D eigenvalue weighted by Crippen LogP contribution is 2.27. The fourth-order valence-electron chi connectivity index (χ4n) is 1.61. The second-order valence-corrected chi connectivity index (χ2v) is 4.82. The van der Waals surface area contributed by atoms with Crippen molar-refractivity contribution in [2.24, 2.45) is 11.7 Å². The summed E-state index contributed by atoms with van der Waals surface area (Å²) in [6.07, 6.45) is 3.55. The van der Waals surface area contributed by atoms with Gasteiger partial charge in [0.15, 0.2) is 5.82 Å². The molecule has 1 aromatic rings. The Morgan fingerprint density at radius 1 is 1.59 bits per heavy atom. The van der Waals surface area contributed by atoms with Gasteiger partial charge in [0.2, 0.25) is 0 Å². The van der Waals surface area contributed by atoms with Crippen LogP contribution in [-0.4, -0.2) is 23.6 Å². The molecule has 96 valence electrons. The molecular weight excluding hydrogens is 239 g/mol. The summed E-state index contributed by atoms with van der Waals surface area (Å²) < 4.78 is 19.2. The first-order valence-corrected chi connectivity index (χ1v) is 7.02. The molecule has 1 rings (SSSR count). The van der Waals surface area contributed by atoms with E-state index in [1.165, 1.54) is 6.20 Å². The maximum Gasteiger partial charge on any atom is 0.250 e. The highest BCUT2D eigenvalue weighted by Gasteiger charge is 2.20. The van der Waals surface area contributed by atoms with E-state index in [1.807, 2.05) is 13.2 Å². The van der Waals surface area contributed by atoms with Crippen LogP contribution in [0.1, 0.15) is 25.5 Å². The van der Waals surface area contributed by atoms with E-state index in [4.69, 9.17) is 10.5 Å². The summed E-state index contributed by atoms with van der Waals surface area (Å²) in [5.41, 5.74) is 6.53. The molecule has 1 heterocycles. The third-order valence-corrected chi connectivity index (χ3v) is 3.43. The normalized spacial score (nSPS) is 14.4. The minimum atomic E-state index is -0.435. The van der Waals surface area contributed by atoms with Gasteiger partial charge < -0.3 is 10.5 Å². The summed E-state index contributed by atoms with van der Waals surface area (Å²) in [5, 5.41) is 0. The Kier molecular flexibility index (Phi) is 5.71. The van der Waals surface area contributed by atoms with Crippen LogP contribution >= 0.6 is 11.8 Å². The van der Waals surface area contributed by atoms with Crippen LogP contribution in [0.3, 0.4) is 0 Å². The van der Waals surface area contributed by atoms with Gasteiger partial charge >= 0.3 is 0 Å². The summed E-state index contributed by atoms with van der Waals surface area (Å²) >= 11 is 1.70. The van der Waals surface area contributed by atoms with Crippen LogP contribution in [0.4, 0.5) is 4.39 Å². The number of nitrogens with zero attached hydrogens (tertiary/aromatic N) is 1. The largest absolute Gasteiger partial charge is 0.476 e. The second kappa shape index (κ2) is 6.81. The number of aromatic nitrogens is 1. The quantitative estimate of drug-likeness (QED) is 0.852. The predicted molar refractivity (Wildman–Crippen MR) is 69.8 cm³/mol. The fourth-order valence-corrected chi connectivity index (χ4v) is 2.34. The Balaban J connectivity index is 2.93. The maximum atomic E-state index is 14.0. The molecule has 3 nitrogen and oxygen atoms in total. The van der Waals surface area contributed by atoms with Crippen molar-refractivity contribution < 1.29 is 9.13 Å². The van der Waals surface area contributed by atoms with Gasteiger partial charge in [-0.1, -0.05) is 6.92 Å². The van der Waals surface area contributed by atoms with Gasteiger partial charge in [-0.05, 0) is 30.9 Å². The van der Waals surface area contributed by atoms with E-state index in [2.05, 4.69) is 4.98 Å². The molecular formula is C12H19FN2OS. The predicted octanol–water partition coefficient (Wildman–Crippen LogP) is 2.62. The van der Waals surface area contributed by atoms with Crippen LogP contribution in [0.2, 0.25) is 0 Å². The Hall–Kier alpha value is -0.810. The average Bonchev–Trinajstić information content (AvgIpc) is 2.31. The lowest BCUT2D eigenvalue weighted by Crippen LogP contribution is -2.22. The van der Waals surface area contributed by atoms with Gasteiger partial charge in [-0.25, -0.2) is 9.37 Å². The Morgan fingerprint density at radius 2 is 2.29 bits per heavy atom. The molecule has 0 fully saturated rings. The van der Waals surface area contributed by atoms with E-state index in [0.29, 0.717) is 12.2 Å². The van der Waals surface area contributed by atoms with Crippen molar-refractivity contribution in [3.63, 3.8) is 0 Å². The van der Waals surface area contributed by atoms with Gasteiger partial charge in [0.25, 0.3) is 5.88 Å². The van der Waals surface area contributed by atoms with Crippen LogP contribution in [0.15, 0.2) is 12.3 Å². The van der Waals surface area contributed by atoms with Gasteiger partial charge in [-0.2, -0.15) is 11.8 Å². The van der Waals surface area contributed by atoms with Crippen molar-refractivity contribution in [2.75, 3.05) is 18.6 Å². The number of ether oxygens (including phenoxy) is 1. The lowest BCUT2D eigenvalue weighted by molar-refractivity contribution is 0.304. The highest BCUT2D eigenvalue weighted by molar-refractivity contribution is 7.98. The van der Waals surface area contributed by atoms with Crippen LogP contribution in [0, 0.1) is 11.7 Å². The molecule has 0 aliphatic heterocycles. The fraction of sp³-hybridized carbons (Fsp3) is 0.583. The summed E-state index contributed by atoms with van der Waals surface area (Å²) in [4.78, 5) is 3.86. The van der Waals surface area contributed by atoms with Gasteiger partial charge in [0, 0.05) is 17.8 Å². The minimum absolute atomic E-state index is 0.0387. The molecule has 1 aromatic heterocycles. The first-order chi connectivity index (χ1) is 8.11. The van der Waals surface area contributed by atoms with Gasteiger partial charge in [-0.3, -0.25) is 0 Å². The molecule has 17 heavy (non-hydrogen) atoms. The van der Waals surface area contributed by atoms with Crippen LogP contribution in [0.5, 0.6) is 5.88 Å². The smallest absolute Gasteiger partial charge is 0.250 e. The highest BCUT2D eigenvalue weighted by atomic mass is 32.2. The van der Waals surface area contributed by atoms with E-state index >= 15 is 0 Å². The van der Waals surface area contributed by atoms with Gasteiger partial charge in [0.05, 0.1) is 6.61 Å². The van der Waals surface area contributed by atoms with Gasteiger partial charge in [0.1, 0.15) is 0 Å². The molecule has 0 bridgehead atoms. The molecule has 2 N–H and O–H groups in total. The number of hydrogen-bond donors (Lipinski definition) is 1. The SMILES string of the molecule is CCOc1nccc(C(N)C(C)CSC)c1F. The molecule has 0 amide bonds. The summed E-state index contributed by atoms with van der Waals surface area (Å²) in [6, 6.07) is 1.30. The van der Waals surface area contributed by atoms with Crippen molar-refractivity contribution >= 4 is 11.8 Å². The zero-order chi connectivity index (χ0) is 12.8. The van der Waals surface area contributed by atoms with Crippen LogP contribution < -0.4 is 10.5 Å². The van der Waals surface area contributed by atoms with E-state index in [9.17, 15) is 4.39 Å². The number of thioether (sulfide) groups is 1. The Labute approximate surface area is 106 Å². The second-order valence-electron chi connectivity index (χ2n) is 3.91. The number of nitrogens with two attached hydrogens (primary N) is 1. The van der Waals surface area contributed by atoms with Crippen LogP contribution in [-0.2, 0) is 0 Å². The monoisotopic (exact) mass is 258 g/mol. The van der Waals surface area contributed by atoms with E-state index in [0.717, 1.165) is 5.75 Å². The molecule has 0 radical (unpaired) electrons. The number of pyridine rings is 1. The van der Waals surface area contributed by atoms with Crippen LogP contribution in [0.25, 0.3) is 0 Å². The number of halogens is 1. The van der Waals surface area contributed by atoms with E-state index < -0.39 is 5.82 Å². The molecule has 5 heteroatoms. The molecule has 0 aromatic carbocycles. The molecule has 2 atom stereocenters. The first-order valence-electron chi connectivity index (χ1n) is 5.63. The molecule has 2 unspecified atom stereocenters. The molecule has 0 aliphatic rings. The topological polar surface area (TPSA) is 48.1 Å². The minimum Gasteiger partial charge on any atom is -0.476 e. The number of hydrogen-bond acceptors (Lipinski definition) is 4. The molecule has 0 aliphatic carbocycles. The van der Waals surface area contributed by atoms with Gasteiger partial charge in [-0.15, -0.1) is 0 Å². The Morgan fingerprint density at radius 3 is 2.88 bits per heavy atom. The van der Waals surface area contributed by atoms with Crippen molar-refractivity contribution in [1.82, 2.24) is 4.98 Å². The Bertz CT molecular complexity index is 362. The van der Waals surface area contributed by atoms with Crippen molar-refractivity contribution in [2.45, 2.75) is 19.9 Å². The summed E-state index contributed by atoms with van der Waals surface area (Å²) in [7, 11) is 0. The molecule has 0 saturated heterocycles. The van der Waals surface area contributed by atoms with Crippen molar-refractivity contribution in [1.29, 1.82) is 0 Å². The third kappa shape index (κ3) is 3.57. The first kappa shape index (κ1) is 14.3. The van der Waals surface area contributed by atoms with E-state index in [-0.39, 0.29) is 17.8 Å². The summed E-state index contributed by atoms with van der Waals surface area (Å²) in [6.45, 7) is 4.20. The zero-order valence-corrected chi connectivity index (χ0v) is 11.3. The standard InChI is InChI=1S/C12H19FN2OS/c1-4-16-12-10(13)9(5-6-15-12)11(14)8(2)7-17-3/h5-6,8,11H,4,7,14H2,1-3H3. The van der Waals surface area contributed by atoms with E-state index in [1.54, 1.807) is 24.8 Å². The lowest BCUT2D eigenvalue weighted by atomic mass is 9.97. The number of rotatable bonds is 6.